The summed E-state index contributed by atoms with van der Waals surface area (Å²) in [5, 5.41) is 0.208. The zero-order valence-electron chi connectivity index (χ0n) is 15.6. The van der Waals surface area contributed by atoms with Gasteiger partial charge in [-0.2, -0.15) is 9.97 Å². The first-order chi connectivity index (χ1) is 13.3. The number of nitrogen functional groups attached to an aromatic ring is 1. The zero-order valence-corrected chi connectivity index (χ0v) is 17.2. The maximum atomic E-state index is 12.7. The molecule has 2 heterocycles. The van der Waals surface area contributed by atoms with Gasteiger partial charge in [-0.3, -0.25) is 4.57 Å². The Morgan fingerprint density at radius 2 is 2.04 bits per heavy atom. The molecule has 2 aromatic rings. The highest BCUT2D eigenvalue weighted by atomic mass is 35.5. The van der Waals surface area contributed by atoms with Crippen molar-refractivity contribution in [2.24, 2.45) is 0 Å². The van der Waals surface area contributed by atoms with Gasteiger partial charge in [-0.1, -0.05) is 11.6 Å². The van der Waals surface area contributed by atoms with Crippen LogP contribution in [0.1, 0.15) is 25.3 Å². The molecule has 154 valence electrons. The van der Waals surface area contributed by atoms with Crippen molar-refractivity contribution in [2.45, 2.75) is 37.3 Å². The lowest BCUT2D eigenvalue weighted by atomic mass is 10.2. The number of rotatable bonds is 7. The number of anilines is 1. The topological polar surface area (TPSA) is 141 Å². The average Bonchev–Trinajstić information content (AvgIpc) is 3.31. The molecule has 1 unspecified atom stereocenters. The molecule has 1 saturated carbocycles. The maximum absolute atomic E-state index is 12.7. The van der Waals surface area contributed by atoms with E-state index in [1.165, 1.54) is 21.3 Å². The van der Waals surface area contributed by atoms with Crippen molar-refractivity contribution in [3.05, 3.63) is 11.5 Å². The minimum absolute atomic E-state index is 0.0255. The van der Waals surface area contributed by atoms with Gasteiger partial charge in [0.15, 0.2) is 10.8 Å². The van der Waals surface area contributed by atoms with Crippen LogP contribution in [0.2, 0.25) is 5.15 Å². The van der Waals surface area contributed by atoms with Gasteiger partial charge in [0.05, 0.1) is 19.5 Å². The maximum Gasteiger partial charge on any atom is 0.370 e. The van der Waals surface area contributed by atoms with Gasteiger partial charge in [0, 0.05) is 20.3 Å². The van der Waals surface area contributed by atoms with E-state index in [1.807, 2.05) is 4.57 Å². The second-order valence-electron chi connectivity index (χ2n) is 6.20. The van der Waals surface area contributed by atoms with Gasteiger partial charge in [0.25, 0.3) is 5.85 Å². The molecule has 2 N–H and O–H groups in total. The van der Waals surface area contributed by atoms with E-state index in [9.17, 15) is 9.36 Å². The fraction of sp³-hybridized carbons (Fsp3) is 0.600. The van der Waals surface area contributed by atoms with Crippen LogP contribution in [0.25, 0.3) is 11.2 Å². The van der Waals surface area contributed by atoms with Gasteiger partial charge in [0.2, 0.25) is 5.95 Å². The third kappa shape index (κ3) is 3.85. The second kappa shape index (κ2) is 8.30. The third-order valence-electron chi connectivity index (χ3n) is 4.67. The van der Waals surface area contributed by atoms with E-state index in [0.717, 1.165) is 6.42 Å². The van der Waals surface area contributed by atoms with E-state index in [-0.39, 0.29) is 23.2 Å². The minimum Gasteiger partial charge on any atom is -0.467 e. The minimum atomic E-state index is -3.82. The van der Waals surface area contributed by atoms with E-state index >= 15 is 0 Å². The number of aromatic nitrogens is 4. The lowest BCUT2D eigenvalue weighted by Gasteiger charge is -2.25. The molecule has 1 fully saturated rings. The number of halogens is 1. The van der Waals surface area contributed by atoms with Crippen LogP contribution in [0, 0.1) is 0 Å². The molecule has 0 spiro atoms. The third-order valence-corrected chi connectivity index (χ3v) is 6.86. The van der Waals surface area contributed by atoms with Crippen molar-refractivity contribution in [1.82, 2.24) is 19.5 Å². The fourth-order valence-corrected chi connectivity index (χ4v) is 4.78. The number of nitrogens with zero attached hydrogens (tertiary/aromatic N) is 4. The number of hydrogen-bond acceptors (Lipinski definition) is 10. The molecule has 0 radical (unpaired) electrons. The first-order valence-electron chi connectivity index (χ1n) is 8.43. The van der Waals surface area contributed by atoms with E-state index in [2.05, 4.69) is 15.0 Å². The van der Waals surface area contributed by atoms with Crippen molar-refractivity contribution in [1.29, 1.82) is 0 Å². The largest absolute Gasteiger partial charge is 0.467 e. The number of carbonyl (C=O) groups excluding carboxylic acids is 1. The summed E-state index contributed by atoms with van der Waals surface area (Å²) in [5.41, 5.74) is 6.58. The molecule has 28 heavy (non-hydrogen) atoms. The zero-order chi connectivity index (χ0) is 20.5. The van der Waals surface area contributed by atoms with Gasteiger partial charge in [-0.15, -0.1) is 0 Å². The van der Waals surface area contributed by atoms with E-state index < -0.39 is 19.4 Å². The Morgan fingerprint density at radius 1 is 1.32 bits per heavy atom. The summed E-state index contributed by atoms with van der Waals surface area (Å²) in [5.74, 6) is -2.25. The van der Waals surface area contributed by atoms with E-state index in [0.29, 0.717) is 24.0 Å². The van der Waals surface area contributed by atoms with Gasteiger partial charge in [-0.05, 0) is 19.3 Å². The quantitative estimate of drug-likeness (QED) is 0.392. The predicted molar refractivity (Wildman–Crippen MR) is 99.9 cm³/mol. The summed E-state index contributed by atoms with van der Waals surface area (Å²) in [7, 11) is -0.268. The predicted octanol–water partition coefficient (Wildman–Crippen LogP) is 2.16. The molecule has 0 saturated heterocycles. The van der Waals surface area contributed by atoms with Crippen LogP contribution in [-0.2, 0) is 27.9 Å². The summed E-state index contributed by atoms with van der Waals surface area (Å²) < 4.78 is 34.8. The van der Waals surface area contributed by atoms with Crippen molar-refractivity contribution >= 4 is 42.3 Å². The summed E-state index contributed by atoms with van der Waals surface area (Å²) in [6.07, 6.45) is 3.09. The van der Waals surface area contributed by atoms with Crippen LogP contribution in [-0.4, -0.2) is 58.8 Å². The Balaban J connectivity index is 1.80. The monoisotopic (exact) mass is 433 g/mol. The van der Waals surface area contributed by atoms with Crippen LogP contribution in [0.5, 0.6) is 0 Å². The second-order valence-corrected chi connectivity index (χ2v) is 8.84. The Hall–Kier alpha value is -1.78. The first-order valence-corrected chi connectivity index (χ1v) is 10.4. The summed E-state index contributed by atoms with van der Waals surface area (Å²) >= 11 is 6.21. The number of methoxy groups -OCH3 is 1. The Kier molecular flexibility index (Phi) is 6.21. The van der Waals surface area contributed by atoms with E-state index in [4.69, 9.17) is 35.9 Å². The molecule has 2 aromatic heterocycles. The summed E-state index contributed by atoms with van der Waals surface area (Å²) in [6, 6.07) is -0.0255. The molecule has 0 aliphatic heterocycles. The van der Waals surface area contributed by atoms with Gasteiger partial charge < -0.3 is 28.8 Å². The molecule has 1 aliphatic carbocycles. The van der Waals surface area contributed by atoms with Crippen LogP contribution >= 0.6 is 19.2 Å². The normalized spacial score (nSPS) is 21.1. The highest BCUT2D eigenvalue weighted by Gasteiger charge is 2.45. The molecule has 13 heteroatoms. The Labute approximate surface area is 166 Å². The average molecular weight is 434 g/mol. The fourth-order valence-electron chi connectivity index (χ4n) is 3.30. The van der Waals surface area contributed by atoms with Crippen molar-refractivity contribution in [3.63, 3.8) is 0 Å². The molecular formula is C15H21ClN5O6P. The SMILES string of the molecule is COC(=O)C(O[C@H]1CC[C@@H](n2cnc3nc(N)nc(Cl)c32)C1)P(=O)(OC)OC. The number of nitrogens with two attached hydrogens (primary N) is 1. The number of esters is 1. The Morgan fingerprint density at radius 3 is 2.68 bits per heavy atom. The molecule has 0 aromatic carbocycles. The van der Waals surface area contributed by atoms with Crippen LogP contribution in [0.15, 0.2) is 6.33 Å². The van der Waals surface area contributed by atoms with Crippen molar-refractivity contribution < 1.29 is 27.9 Å². The van der Waals surface area contributed by atoms with Gasteiger partial charge in [0.1, 0.15) is 5.52 Å². The number of imidazole rings is 1. The van der Waals surface area contributed by atoms with Gasteiger partial charge in [-0.25, -0.2) is 9.78 Å². The number of fused-ring (bicyclic) bond motifs is 1. The van der Waals surface area contributed by atoms with Crippen molar-refractivity contribution in [2.75, 3.05) is 27.1 Å². The van der Waals surface area contributed by atoms with Crippen LogP contribution in [0.4, 0.5) is 5.95 Å². The molecular weight excluding hydrogens is 413 g/mol. The lowest BCUT2D eigenvalue weighted by Crippen LogP contribution is -2.30. The number of hydrogen-bond donors (Lipinski definition) is 1. The molecule has 0 bridgehead atoms. The first kappa shape index (κ1) is 20.9. The lowest BCUT2D eigenvalue weighted by molar-refractivity contribution is -0.152. The molecule has 3 rings (SSSR count). The van der Waals surface area contributed by atoms with Crippen LogP contribution in [0.3, 0.4) is 0 Å². The molecule has 1 aliphatic rings. The number of ether oxygens (including phenoxy) is 2. The molecule has 3 atom stereocenters. The van der Waals surface area contributed by atoms with Crippen molar-refractivity contribution in [3.8, 4) is 0 Å². The van der Waals surface area contributed by atoms with E-state index in [1.54, 1.807) is 6.33 Å². The molecule has 0 amide bonds. The van der Waals surface area contributed by atoms with Crippen LogP contribution < -0.4 is 5.73 Å². The van der Waals surface area contributed by atoms with Gasteiger partial charge >= 0.3 is 13.6 Å². The number of carbonyl (C=O) groups is 1. The standard InChI is InChI=1S/C15H21ClN5O6P/c1-24-13(22)14(28(23,25-2)26-3)27-9-5-4-8(6-9)21-7-18-12-10(21)11(16)19-15(17)20-12/h7-9,14H,4-6H2,1-3H3,(H2,17,19,20)/t8-,9+,14?/m1/s1. The summed E-state index contributed by atoms with van der Waals surface area (Å²) in [4.78, 5) is 24.4. The smallest absolute Gasteiger partial charge is 0.370 e. The Bertz CT molecular complexity index is 916. The highest BCUT2D eigenvalue weighted by Crippen LogP contribution is 2.53. The summed E-state index contributed by atoms with van der Waals surface area (Å²) in [6.45, 7) is 0. The highest BCUT2D eigenvalue weighted by molar-refractivity contribution is 7.55. The molecule has 11 nitrogen and oxygen atoms in total.